The Hall–Kier alpha value is -1.91. The van der Waals surface area contributed by atoms with Crippen molar-refractivity contribution in [1.29, 1.82) is 0 Å². The van der Waals surface area contributed by atoms with Gasteiger partial charge in [0.1, 0.15) is 0 Å². The normalized spacial score (nSPS) is 13.4. The summed E-state index contributed by atoms with van der Waals surface area (Å²) in [6, 6.07) is 8.24. The smallest absolute Gasteiger partial charge is 0.262 e. The molecule has 0 saturated carbocycles. The molecule has 0 spiro atoms. The van der Waals surface area contributed by atoms with Gasteiger partial charge in [-0.3, -0.25) is 4.18 Å². The van der Waals surface area contributed by atoms with Gasteiger partial charge < -0.3 is 0 Å². The van der Waals surface area contributed by atoms with Crippen LogP contribution in [0.25, 0.3) is 0 Å². The predicted octanol–water partition coefficient (Wildman–Crippen LogP) is 7.54. The topological polar surface area (TPSA) is 43.4 Å². The summed E-state index contributed by atoms with van der Waals surface area (Å²) in [5, 5.41) is 0. The molecule has 0 atom stereocenters. The fraction of sp³-hybridized carbons (Fsp3) is 0.462. The van der Waals surface area contributed by atoms with Gasteiger partial charge in [-0.25, -0.2) is 0 Å². The van der Waals surface area contributed by atoms with Gasteiger partial charge in [0.15, 0.2) is 0 Å². The molecule has 0 heterocycles. The van der Waals surface area contributed by atoms with Crippen LogP contribution >= 0.6 is 0 Å². The Bertz CT molecular complexity index is 853. The van der Waals surface area contributed by atoms with Crippen LogP contribution in [-0.4, -0.2) is 15.0 Å². The summed E-state index contributed by atoms with van der Waals surface area (Å²) in [5.41, 5.74) is 5.39. The first kappa shape index (κ1) is 26.1. The second-order valence-electron chi connectivity index (χ2n) is 8.10. The summed E-state index contributed by atoms with van der Waals surface area (Å²) in [6.07, 6.45) is 15.1. The molecule has 0 N–H and O–H groups in total. The summed E-state index contributed by atoms with van der Waals surface area (Å²) < 4.78 is 29.3. The van der Waals surface area contributed by atoms with Gasteiger partial charge >= 0.3 is 0 Å². The van der Waals surface area contributed by atoms with Crippen molar-refractivity contribution >= 4 is 10.1 Å². The van der Waals surface area contributed by atoms with Crippen LogP contribution < -0.4 is 0 Å². The minimum Gasteiger partial charge on any atom is -0.262 e. The van der Waals surface area contributed by atoms with E-state index < -0.39 is 10.1 Å². The molecule has 0 aromatic heterocycles. The maximum Gasteiger partial charge on any atom is 0.297 e. The Morgan fingerprint density at radius 2 is 1.20 bits per heavy atom. The maximum absolute atomic E-state index is 12.1. The van der Waals surface area contributed by atoms with Crippen LogP contribution in [0.15, 0.2) is 81.8 Å². The summed E-state index contributed by atoms with van der Waals surface area (Å²) in [5.74, 6) is 0. The molecule has 3 nitrogen and oxygen atoms in total. The van der Waals surface area contributed by atoms with Crippen LogP contribution in [0.4, 0.5) is 0 Å². The number of rotatable bonds is 13. The molecule has 30 heavy (non-hydrogen) atoms. The van der Waals surface area contributed by atoms with Gasteiger partial charge in [-0.1, -0.05) is 64.8 Å². The van der Waals surface area contributed by atoms with E-state index in [1.54, 1.807) is 30.3 Å². The Balaban J connectivity index is 2.32. The van der Waals surface area contributed by atoms with Crippen molar-refractivity contribution < 1.29 is 12.6 Å². The molecule has 0 aliphatic heterocycles. The van der Waals surface area contributed by atoms with Crippen molar-refractivity contribution in [3.63, 3.8) is 0 Å². The van der Waals surface area contributed by atoms with Gasteiger partial charge in [0, 0.05) is 0 Å². The van der Waals surface area contributed by atoms with E-state index in [0.717, 1.165) is 44.1 Å². The highest BCUT2D eigenvalue weighted by Crippen LogP contribution is 2.14. The number of allylic oxidation sites excluding steroid dienone is 7. The van der Waals surface area contributed by atoms with E-state index in [-0.39, 0.29) is 11.5 Å². The van der Waals surface area contributed by atoms with Gasteiger partial charge in [0.05, 0.1) is 11.5 Å². The van der Waals surface area contributed by atoms with Gasteiger partial charge in [-0.2, -0.15) is 8.42 Å². The summed E-state index contributed by atoms with van der Waals surface area (Å²) in [4.78, 5) is 0.191. The second-order valence-corrected chi connectivity index (χ2v) is 9.72. The predicted molar refractivity (Wildman–Crippen MR) is 128 cm³/mol. The van der Waals surface area contributed by atoms with Crippen molar-refractivity contribution in [3.8, 4) is 0 Å². The number of hydrogen-bond donors (Lipinski definition) is 0. The monoisotopic (exact) mass is 430 g/mol. The standard InChI is InChI=1S/C26H38O3S/c1-22(2)12-9-13-23(3)14-10-15-24(4)16-11-17-25(5)20-21-29-30(27,28)26-18-7-6-8-19-26/h6-8,12,14,16,18-20H,9-11,13,15,17,21H2,1-5H3/b23-14+,24-16+,25-20+. The van der Waals surface area contributed by atoms with Gasteiger partial charge in [-0.15, -0.1) is 0 Å². The Morgan fingerprint density at radius 3 is 1.70 bits per heavy atom. The first-order valence-corrected chi connectivity index (χ1v) is 12.2. The molecule has 0 radical (unpaired) electrons. The lowest BCUT2D eigenvalue weighted by molar-refractivity contribution is 0.356. The average Bonchev–Trinajstić information content (AvgIpc) is 2.68. The van der Waals surface area contributed by atoms with E-state index in [0.29, 0.717) is 0 Å². The summed E-state index contributed by atoms with van der Waals surface area (Å²) in [7, 11) is -3.68. The minimum absolute atomic E-state index is 0.0720. The third-order valence-corrected chi connectivity index (χ3v) is 6.14. The molecule has 1 aromatic carbocycles. The molecule has 0 saturated heterocycles. The molecule has 0 unspecified atom stereocenters. The zero-order valence-electron chi connectivity index (χ0n) is 19.3. The largest absolute Gasteiger partial charge is 0.297 e. The molecule has 0 amide bonds. The van der Waals surface area contributed by atoms with Crippen LogP contribution in [0.2, 0.25) is 0 Å². The van der Waals surface area contributed by atoms with E-state index in [1.807, 2.05) is 13.0 Å². The zero-order chi connectivity index (χ0) is 22.4. The van der Waals surface area contributed by atoms with Crippen molar-refractivity contribution in [3.05, 3.63) is 76.9 Å². The van der Waals surface area contributed by atoms with E-state index in [1.165, 1.54) is 16.7 Å². The summed E-state index contributed by atoms with van der Waals surface area (Å²) in [6.45, 7) is 10.8. The van der Waals surface area contributed by atoms with Crippen molar-refractivity contribution in [2.45, 2.75) is 78.0 Å². The molecule has 0 fully saturated rings. The van der Waals surface area contributed by atoms with Crippen LogP contribution in [0, 0.1) is 0 Å². The van der Waals surface area contributed by atoms with Gasteiger partial charge in [-0.05, 0) is 85.3 Å². The van der Waals surface area contributed by atoms with Crippen molar-refractivity contribution in [1.82, 2.24) is 0 Å². The second kappa shape index (κ2) is 14.2. The van der Waals surface area contributed by atoms with E-state index >= 15 is 0 Å². The van der Waals surface area contributed by atoms with Crippen LogP contribution in [0.5, 0.6) is 0 Å². The third-order valence-electron chi connectivity index (χ3n) is 4.84. The van der Waals surface area contributed by atoms with Crippen molar-refractivity contribution in [2.24, 2.45) is 0 Å². The lowest BCUT2D eigenvalue weighted by Gasteiger charge is -2.05. The fourth-order valence-electron chi connectivity index (χ4n) is 2.91. The average molecular weight is 431 g/mol. The zero-order valence-corrected chi connectivity index (χ0v) is 20.1. The summed E-state index contributed by atoms with van der Waals surface area (Å²) >= 11 is 0. The molecule has 0 bridgehead atoms. The molecule has 0 aliphatic rings. The lowest BCUT2D eigenvalue weighted by atomic mass is 10.0. The van der Waals surface area contributed by atoms with Gasteiger partial charge in [0.25, 0.3) is 10.1 Å². The molecule has 1 rings (SSSR count). The number of benzene rings is 1. The highest BCUT2D eigenvalue weighted by atomic mass is 32.2. The van der Waals surface area contributed by atoms with E-state index in [2.05, 4.69) is 45.9 Å². The van der Waals surface area contributed by atoms with Crippen LogP contribution in [-0.2, 0) is 14.3 Å². The first-order chi connectivity index (χ1) is 14.2. The Labute approximate surface area is 184 Å². The van der Waals surface area contributed by atoms with Crippen LogP contribution in [0.3, 0.4) is 0 Å². The molecule has 1 aromatic rings. The van der Waals surface area contributed by atoms with E-state index in [9.17, 15) is 8.42 Å². The molecular weight excluding hydrogens is 392 g/mol. The lowest BCUT2D eigenvalue weighted by Crippen LogP contribution is -2.06. The van der Waals surface area contributed by atoms with E-state index in [4.69, 9.17) is 4.18 Å². The third kappa shape index (κ3) is 11.9. The quantitative estimate of drug-likeness (QED) is 0.240. The number of hydrogen-bond acceptors (Lipinski definition) is 3. The van der Waals surface area contributed by atoms with Gasteiger partial charge in [0.2, 0.25) is 0 Å². The van der Waals surface area contributed by atoms with Crippen molar-refractivity contribution in [2.75, 3.05) is 6.61 Å². The molecule has 4 heteroatoms. The molecular formula is C26H38O3S. The van der Waals surface area contributed by atoms with Crippen LogP contribution in [0.1, 0.15) is 73.1 Å². The molecule has 0 aliphatic carbocycles. The molecule has 166 valence electrons. The highest BCUT2D eigenvalue weighted by molar-refractivity contribution is 7.86. The SMILES string of the molecule is CC(C)=CCC/C(C)=C/CC/C(C)=C/CC/C(C)=C/COS(=O)(=O)c1ccccc1. The highest BCUT2D eigenvalue weighted by Gasteiger charge is 2.13. The minimum atomic E-state index is -3.68. The Morgan fingerprint density at radius 1 is 0.733 bits per heavy atom. The fourth-order valence-corrected chi connectivity index (χ4v) is 3.78. The maximum atomic E-state index is 12.1. The Kier molecular flexibility index (Phi) is 12.3. The first-order valence-electron chi connectivity index (χ1n) is 10.8.